The average Bonchev–Trinajstić information content (AvgIpc) is 2.86. The second kappa shape index (κ2) is 5.56. The number of carbonyl (C=O) groups is 1. The van der Waals surface area contributed by atoms with Crippen molar-refractivity contribution in [2.75, 3.05) is 27.2 Å². The van der Waals surface area contributed by atoms with E-state index in [1.807, 2.05) is 12.3 Å². The number of amides is 1. The number of hydrogen-bond acceptors (Lipinski definition) is 5. The molecule has 1 aliphatic rings. The zero-order valence-corrected chi connectivity index (χ0v) is 12.5. The Morgan fingerprint density at radius 1 is 1.63 bits per heavy atom. The lowest BCUT2D eigenvalue weighted by Crippen LogP contribution is -2.29. The molecular weight excluding hydrogens is 262 g/mol. The van der Waals surface area contributed by atoms with Crippen molar-refractivity contribution in [2.45, 2.75) is 31.9 Å². The van der Waals surface area contributed by atoms with Gasteiger partial charge in [-0.25, -0.2) is 4.98 Å². The Bertz CT molecular complexity index is 456. The maximum absolute atomic E-state index is 11.6. The number of aliphatic hydroxyl groups is 1. The number of hydrogen-bond donors (Lipinski definition) is 1. The number of likely N-dealkylation sites (N-methyl/N-ethyl adjacent to an activating group) is 1. The number of aromatic nitrogens is 1. The third-order valence-corrected chi connectivity index (χ3v) is 4.21. The van der Waals surface area contributed by atoms with E-state index in [9.17, 15) is 9.90 Å². The number of nitrogens with zero attached hydrogens (tertiary/aromatic N) is 3. The molecule has 2 rings (SSSR count). The van der Waals surface area contributed by atoms with Crippen LogP contribution in [0.25, 0.3) is 0 Å². The Labute approximate surface area is 117 Å². The maximum atomic E-state index is 11.6. The summed E-state index contributed by atoms with van der Waals surface area (Å²) in [7, 11) is 3.51. The molecule has 0 radical (unpaired) electrons. The van der Waals surface area contributed by atoms with Crippen molar-refractivity contribution in [1.29, 1.82) is 0 Å². The van der Waals surface area contributed by atoms with Gasteiger partial charge in [0.1, 0.15) is 5.01 Å². The van der Waals surface area contributed by atoms with Crippen LogP contribution in [0.2, 0.25) is 0 Å². The summed E-state index contributed by atoms with van der Waals surface area (Å²) in [6.45, 7) is 4.21. The summed E-state index contributed by atoms with van der Waals surface area (Å²) in [5.74, 6) is 0.0741. The van der Waals surface area contributed by atoms with Crippen LogP contribution in [0, 0.1) is 0 Å². The summed E-state index contributed by atoms with van der Waals surface area (Å²) in [4.78, 5) is 19.9. The van der Waals surface area contributed by atoms with E-state index in [-0.39, 0.29) is 5.91 Å². The van der Waals surface area contributed by atoms with E-state index >= 15 is 0 Å². The van der Waals surface area contributed by atoms with Gasteiger partial charge >= 0.3 is 0 Å². The first-order valence-corrected chi connectivity index (χ1v) is 7.32. The summed E-state index contributed by atoms with van der Waals surface area (Å²) in [6.07, 6.45) is 1.18. The van der Waals surface area contributed by atoms with E-state index in [1.165, 1.54) is 11.3 Å². The fourth-order valence-corrected chi connectivity index (χ4v) is 2.97. The highest BCUT2D eigenvalue weighted by atomic mass is 32.1. The van der Waals surface area contributed by atoms with Crippen LogP contribution < -0.4 is 0 Å². The molecule has 1 amide bonds. The molecule has 0 spiro atoms. The number of likely N-dealkylation sites (tertiary alicyclic amines) is 1. The number of rotatable bonds is 4. The maximum Gasteiger partial charge on any atom is 0.228 e. The molecule has 106 valence electrons. The van der Waals surface area contributed by atoms with E-state index in [0.29, 0.717) is 13.0 Å². The number of β-amino-alcohol motifs (C(OH)–C–C–N with tert-alkyl or cyclic N) is 1. The second-order valence-corrected chi connectivity index (χ2v) is 6.60. The molecule has 1 aromatic rings. The largest absolute Gasteiger partial charge is 0.389 e. The van der Waals surface area contributed by atoms with Gasteiger partial charge in [0.05, 0.1) is 17.7 Å². The summed E-state index contributed by atoms with van der Waals surface area (Å²) in [6, 6.07) is 0. The van der Waals surface area contributed by atoms with Crippen LogP contribution in [0.4, 0.5) is 0 Å². The third-order valence-electron chi connectivity index (χ3n) is 3.32. The van der Waals surface area contributed by atoms with E-state index in [4.69, 9.17) is 0 Å². The molecule has 1 aromatic heterocycles. The first kappa shape index (κ1) is 14.4. The molecule has 0 saturated carbocycles. The van der Waals surface area contributed by atoms with Crippen LogP contribution in [0.1, 0.15) is 24.0 Å². The molecular formula is C13H21N3O2S. The smallest absolute Gasteiger partial charge is 0.228 e. The van der Waals surface area contributed by atoms with Gasteiger partial charge in [-0.1, -0.05) is 0 Å². The molecule has 2 heterocycles. The Hall–Kier alpha value is -0.980. The van der Waals surface area contributed by atoms with Crippen molar-refractivity contribution in [3.8, 4) is 0 Å². The normalized spacial score (nSPS) is 23.8. The zero-order chi connectivity index (χ0) is 14.0. The molecule has 19 heavy (non-hydrogen) atoms. The lowest BCUT2D eigenvalue weighted by Gasteiger charge is -2.17. The van der Waals surface area contributed by atoms with Gasteiger partial charge in [0.2, 0.25) is 5.91 Å². The zero-order valence-electron chi connectivity index (χ0n) is 11.7. The van der Waals surface area contributed by atoms with Gasteiger partial charge in [0, 0.05) is 39.1 Å². The van der Waals surface area contributed by atoms with Crippen molar-refractivity contribution in [1.82, 2.24) is 14.8 Å². The fraction of sp³-hybridized carbons (Fsp3) is 0.692. The quantitative estimate of drug-likeness (QED) is 0.885. The lowest BCUT2D eigenvalue weighted by molar-refractivity contribution is -0.127. The fourth-order valence-electron chi connectivity index (χ4n) is 2.19. The van der Waals surface area contributed by atoms with Crippen molar-refractivity contribution in [2.24, 2.45) is 0 Å². The molecule has 1 saturated heterocycles. The number of thiazole rings is 1. The molecule has 0 bridgehead atoms. The van der Waals surface area contributed by atoms with Crippen molar-refractivity contribution in [3.05, 3.63) is 16.1 Å². The molecule has 1 atom stereocenters. The predicted octanol–water partition coefficient (Wildman–Crippen LogP) is 0.731. The molecule has 5 nitrogen and oxygen atoms in total. The first-order valence-electron chi connectivity index (χ1n) is 6.44. The van der Waals surface area contributed by atoms with Gasteiger partial charge in [-0.3, -0.25) is 9.69 Å². The number of carbonyl (C=O) groups excluding carboxylic acids is 1. The average molecular weight is 283 g/mol. The van der Waals surface area contributed by atoms with E-state index in [2.05, 4.69) is 9.88 Å². The first-order chi connectivity index (χ1) is 8.85. The van der Waals surface area contributed by atoms with Gasteiger partial charge < -0.3 is 10.0 Å². The van der Waals surface area contributed by atoms with Crippen LogP contribution >= 0.6 is 11.3 Å². The Morgan fingerprint density at radius 3 is 2.95 bits per heavy atom. The standard InChI is InChI=1S/C13H21N3O2S/c1-13(18)4-5-16(9-13)7-10-8-19-11(14-10)6-12(17)15(2)3/h8,18H,4-7,9H2,1-3H3. The van der Waals surface area contributed by atoms with Crippen molar-refractivity contribution < 1.29 is 9.90 Å². The molecule has 0 aromatic carbocycles. The highest BCUT2D eigenvalue weighted by Gasteiger charge is 2.31. The van der Waals surface area contributed by atoms with Gasteiger partial charge in [-0.05, 0) is 13.3 Å². The van der Waals surface area contributed by atoms with Gasteiger partial charge in [-0.2, -0.15) is 0 Å². The Kier molecular flexibility index (Phi) is 4.23. The highest BCUT2D eigenvalue weighted by Crippen LogP contribution is 2.22. The van der Waals surface area contributed by atoms with Crippen LogP contribution in [0.5, 0.6) is 0 Å². The topological polar surface area (TPSA) is 56.7 Å². The molecule has 1 fully saturated rings. The van der Waals surface area contributed by atoms with Crippen molar-refractivity contribution >= 4 is 17.2 Å². The van der Waals surface area contributed by atoms with Gasteiger partial charge in [-0.15, -0.1) is 11.3 Å². The minimum atomic E-state index is -0.570. The van der Waals surface area contributed by atoms with Crippen molar-refractivity contribution in [3.63, 3.8) is 0 Å². The van der Waals surface area contributed by atoms with Crippen LogP contribution in [-0.4, -0.2) is 58.6 Å². The Balaban J connectivity index is 1.89. The van der Waals surface area contributed by atoms with Crippen LogP contribution in [0.3, 0.4) is 0 Å². The Morgan fingerprint density at radius 2 is 2.37 bits per heavy atom. The minimum Gasteiger partial charge on any atom is -0.389 e. The predicted molar refractivity (Wildman–Crippen MR) is 75.0 cm³/mol. The molecule has 6 heteroatoms. The minimum absolute atomic E-state index is 0.0741. The lowest BCUT2D eigenvalue weighted by atomic mass is 10.1. The summed E-state index contributed by atoms with van der Waals surface area (Å²) >= 11 is 1.53. The van der Waals surface area contributed by atoms with E-state index < -0.39 is 5.60 Å². The summed E-state index contributed by atoms with van der Waals surface area (Å²) in [5, 5.41) is 12.8. The SMILES string of the molecule is CN(C)C(=O)Cc1nc(CN2CCC(C)(O)C2)cs1. The van der Waals surface area contributed by atoms with Gasteiger partial charge in [0.15, 0.2) is 0 Å². The molecule has 1 N–H and O–H groups in total. The van der Waals surface area contributed by atoms with E-state index in [1.54, 1.807) is 19.0 Å². The molecule has 0 aliphatic carbocycles. The van der Waals surface area contributed by atoms with Crippen LogP contribution in [-0.2, 0) is 17.8 Å². The highest BCUT2D eigenvalue weighted by molar-refractivity contribution is 7.09. The monoisotopic (exact) mass is 283 g/mol. The molecule has 1 unspecified atom stereocenters. The van der Waals surface area contributed by atoms with Crippen LogP contribution in [0.15, 0.2) is 5.38 Å². The second-order valence-electron chi connectivity index (χ2n) is 5.66. The molecule has 1 aliphatic heterocycles. The summed E-state index contributed by atoms with van der Waals surface area (Å²) < 4.78 is 0. The third kappa shape index (κ3) is 3.99. The summed E-state index contributed by atoms with van der Waals surface area (Å²) in [5.41, 5.74) is 0.420. The van der Waals surface area contributed by atoms with Gasteiger partial charge in [0.25, 0.3) is 0 Å². The van der Waals surface area contributed by atoms with E-state index in [0.717, 1.165) is 30.2 Å².